The van der Waals surface area contributed by atoms with Crippen molar-refractivity contribution in [2.24, 2.45) is 5.73 Å². The number of fused-ring (bicyclic) bond motifs is 1. The lowest BCUT2D eigenvalue weighted by Crippen LogP contribution is -2.47. The summed E-state index contributed by atoms with van der Waals surface area (Å²) in [6, 6.07) is 12.4. The standard InChI is InChI=1S/C21H21N3O4/c22-19(25)14-11-16(13-5-2-1-3-6-13)15-8-10-23(18(15)12-14)20(26)17-7-4-9-24(17)21(27)28/h1-3,5-6,11-12,17H,4,7-10H2,(H2,22,25)(H,27,28). The van der Waals surface area contributed by atoms with E-state index in [1.165, 1.54) is 4.90 Å². The maximum Gasteiger partial charge on any atom is 0.407 e. The zero-order valence-corrected chi connectivity index (χ0v) is 15.3. The highest BCUT2D eigenvalue weighted by Gasteiger charge is 2.39. The highest BCUT2D eigenvalue weighted by atomic mass is 16.4. The fraction of sp³-hybridized carbons (Fsp3) is 0.286. The first kappa shape index (κ1) is 18.0. The Morgan fingerprint density at radius 3 is 2.50 bits per heavy atom. The number of rotatable bonds is 3. The van der Waals surface area contributed by atoms with Crippen LogP contribution in [-0.2, 0) is 11.2 Å². The Kier molecular flexibility index (Phi) is 4.50. The van der Waals surface area contributed by atoms with Gasteiger partial charge in [-0.15, -0.1) is 0 Å². The summed E-state index contributed by atoms with van der Waals surface area (Å²) in [6.07, 6.45) is 0.744. The molecule has 1 fully saturated rings. The summed E-state index contributed by atoms with van der Waals surface area (Å²) in [4.78, 5) is 39.3. The number of amides is 3. The van der Waals surface area contributed by atoms with Crippen molar-refractivity contribution in [3.63, 3.8) is 0 Å². The molecule has 3 N–H and O–H groups in total. The van der Waals surface area contributed by atoms with E-state index in [1.807, 2.05) is 30.3 Å². The Labute approximate surface area is 162 Å². The van der Waals surface area contributed by atoms with Crippen molar-refractivity contribution in [1.82, 2.24) is 4.90 Å². The van der Waals surface area contributed by atoms with Gasteiger partial charge in [0.25, 0.3) is 0 Å². The molecule has 3 amide bonds. The minimum absolute atomic E-state index is 0.237. The molecule has 28 heavy (non-hydrogen) atoms. The third-order valence-corrected chi connectivity index (χ3v) is 5.52. The van der Waals surface area contributed by atoms with E-state index in [4.69, 9.17) is 5.73 Å². The molecule has 0 saturated carbocycles. The Bertz CT molecular complexity index is 958. The molecule has 0 aliphatic carbocycles. The third-order valence-electron chi connectivity index (χ3n) is 5.52. The number of hydrogen-bond acceptors (Lipinski definition) is 3. The second-order valence-electron chi connectivity index (χ2n) is 7.13. The summed E-state index contributed by atoms with van der Waals surface area (Å²) in [5.41, 5.74) is 9.32. The Morgan fingerprint density at radius 1 is 1.07 bits per heavy atom. The lowest BCUT2D eigenvalue weighted by molar-refractivity contribution is -0.122. The van der Waals surface area contributed by atoms with Crippen LogP contribution in [0.4, 0.5) is 10.5 Å². The number of hydrogen-bond donors (Lipinski definition) is 2. The molecule has 1 saturated heterocycles. The summed E-state index contributed by atoms with van der Waals surface area (Å²) < 4.78 is 0. The number of likely N-dealkylation sites (tertiary alicyclic amines) is 1. The van der Waals surface area contributed by atoms with E-state index in [2.05, 4.69) is 0 Å². The zero-order valence-electron chi connectivity index (χ0n) is 15.3. The number of anilines is 1. The van der Waals surface area contributed by atoms with E-state index >= 15 is 0 Å². The summed E-state index contributed by atoms with van der Waals surface area (Å²) in [5.74, 6) is -0.799. The molecule has 2 aromatic rings. The first-order valence-corrected chi connectivity index (χ1v) is 9.30. The monoisotopic (exact) mass is 379 g/mol. The lowest BCUT2D eigenvalue weighted by atomic mass is 9.95. The average molecular weight is 379 g/mol. The largest absolute Gasteiger partial charge is 0.465 e. The highest BCUT2D eigenvalue weighted by molar-refractivity contribution is 6.04. The van der Waals surface area contributed by atoms with Gasteiger partial charge in [0.2, 0.25) is 11.8 Å². The second kappa shape index (κ2) is 6.99. The van der Waals surface area contributed by atoms with Gasteiger partial charge in [-0.2, -0.15) is 0 Å². The van der Waals surface area contributed by atoms with Crippen molar-refractivity contribution in [3.8, 4) is 11.1 Å². The van der Waals surface area contributed by atoms with Crippen molar-refractivity contribution in [2.75, 3.05) is 18.0 Å². The Morgan fingerprint density at radius 2 is 1.82 bits per heavy atom. The molecule has 7 heteroatoms. The summed E-state index contributed by atoms with van der Waals surface area (Å²) >= 11 is 0. The topological polar surface area (TPSA) is 104 Å². The fourth-order valence-electron chi connectivity index (χ4n) is 4.18. The molecular formula is C21H21N3O4. The van der Waals surface area contributed by atoms with Gasteiger partial charge in [-0.3, -0.25) is 14.5 Å². The molecule has 2 aliphatic heterocycles. The van der Waals surface area contributed by atoms with E-state index in [1.54, 1.807) is 17.0 Å². The Hall–Kier alpha value is -3.35. The quantitative estimate of drug-likeness (QED) is 0.855. The van der Waals surface area contributed by atoms with Gasteiger partial charge >= 0.3 is 6.09 Å². The predicted molar refractivity (Wildman–Crippen MR) is 104 cm³/mol. The van der Waals surface area contributed by atoms with E-state index < -0.39 is 18.0 Å². The van der Waals surface area contributed by atoms with Crippen LogP contribution in [0.15, 0.2) is 42.5 Å². The van der Waals surface area contributed by atoms with Gasteiger partial charge < -0.3 is 15.7 Å². The van der Waals surface area contributed by atoms with E-state index in [9.17, 15) is 19.5 Å². The molecule has 1 unspecified atom stereocenters. The number of primary amides is 1. The van der Waals surface area contributed by atoms with Gasteiger partial charge in [-0.1, -0.05) is 30.3 Å². The van der Waals surface area contributed by atoms with E-state index in [-0.39, 0.29) is 5.91 Å². The number of nitrogens with two attached hydrogens (primary N) is 1. The van der Waals surface area contributed by atoms with Crippen molar-refractivity contribution in [1.29, 1.82) is 0 Å². The summed E-state index contributed by atoms with van der Waals surface area (Å²) in [6.45, 7) is 0.823. The molecule has 0 radical (unpaired) electrons. The highest BCUT2D eigenvalue weighted by Crippen LogP contribution is 2.38. The molecule has 1 atom stereocenters. The van der Waals surface area contributed by atoms with Crippen LogP contribution >= 0.6 is 0 Å². The van der Waals surface area contributed by atoms with Crippen LogP contribution in [0.1, 0.15) is 28.8 Å². The second-order valence-corrected chi connectivity index (χ2v) is 7.13. The average Bonchev–Trinajstić information content (AvgIpc) is 3.34. The predicted octanol–water partition coefficient (Wildman–Crippen LogP) is 2.48. The maximum atomic E-state index is 13.2. The molecule has 2 aliphatic rings. The van der Waals surface area contributed by atoms with Crippen molar-refractivity contribution in [2.45, 2.75) is 25.3 Å². The Balaban J connectivity index is 1.77. The molecule has 0 spiro atoms. The van der Waals surface area contributed by atoms with Gasteiger partial charge in [0.1, 0.15) is 6.04 Å². The van der Waals surface area contributed by atoms with Gasteiger partial charge in [-0.25, -0.2) is 4.79 Å². The smallest absolute Gasteiger partial charge is 0.407 e. The third kappa shape index (κ3) is 2.98. The van der Waals surface area contributed by atoms with E-state index in [0.717, 1.165) is 16.7 Å². The summed E-state index contributed by atoms with van der Waals surface area (Å²) in [7, 11) is 0. The first-order chi connectivity index (χ1) is 13.5. The zero-order chi connectivity index (χ0) is 19.8. The van der Waals surface area contributed by atoms with Gasteiger partial charge in [0, 0.05) is 24.3 Å². The first-order valence-electron chi connectivity index (χ1n) is 9.30. The molecule has 4 rings (SSSR count). The van der Waals surface area contributed by atoms with Crippen LogP contribution in [0.3, 0.4) is 0 Å². The number of carbonyl (C=O) groups is 3. The molecular weight excluding hydrogens is 358 g/mol. The van der Waals surface area contributed by atoms with E-state index in [0.29, 0.717) is 43.6 Å². The fourth-order valence-corrected chi connectivity index (χ4v) is 4.18. The minimum atomic E-state index is -1.08. The molecule has 0 bridgehead atoms. The van der Waals surface area contributed by atoms with Crippen molar-refractivity contribution >= 4 is 23.6 Å². The van der Waals surface area contributed by atoms with Gasteiger partial charge in [0.15, 0.2) is 0 Å². The molecule has 2 aromatic carbocycles. The summed E-state index contributed by atoms with van der Waals surface area (Å²) in [5, 5.41) is 9.37. The molecule has 0 aromatic heterocycles. The van der Waals surface area contributed by atoms with Crippen LogP contribution in [0, 0.1) is 0 Å². The van der Waals surface area contributed by atoms with Crippen LogP contribution in [0.2, 0.25) is 0 Å². The molecule has 2 heterocycles. The molecule has 144 valence electrons. The van der Waals surface area contributed by atoms with Crippen LogP contribution < -0.4 is 10.6 Å². The van der Waals surface area contributed by atoms with Gasteiger partial charge in [0.05, 0.1) is 0 Å². The lowest BCUT2D eigenvalue weighted by Gasteiger charge is -2.26. The van der Waals surface area contributed by atoms with Crippen LogP contribution in [-0.4, -0.2) is 47.0 Å². The number of carbonyl (C=O) groups excluding carboxylic acids is 2. The normalized spacial score (nSPS) is 18.2. The maximum absolute atomic E-state index is 13.2. The number of nitrogens with zero attached hydrogens (tertiary/aromatic N) is 2. The number of carboxylic acid groups (broad SMARTS) is 1. The van der Waals surface area contributed by atoms with Crippen LogP contribution in [0.25, 0.3) is 11.1 Å². The van der Waals surface area contributed by atoms with Crippen molar-refractivity contribution < 1.29 is 19.5 Å². The minimum Gasteiger partial charge on any atom is -0.465 e. The van der Waals surface area contributed by atoms with Crippen molar-refractivity contribution in [3.05, 3.63) is 53.6 Å². The van der Waals surface area contributed by atoms with Crippen LogP contribution in [0.5, 0.6) is 0 Å². The number of benzene rings is 2. The van der Waals surface area contributed by atoms with Gasteiger partial charge in [-0.05, 0) is 48.1 Å². The molecule has 7 nitrogen and oxygen atoms in total. The SMILES string of the molecule is NC(=O)c1cc(-c2ccccc2)c2c(c1)N(C(=O)C1CCCN1C(=O)O)CC2.